The Morgan fingerprint density at radius 2 is 2.05 bits per heavy atom. The summed E-state index contributed by atoms with van der Waals surface area (Å²) in [7, 11) is 0. The lowest BCUT2D eigenvalue weighted by Gasteiger charge is -2.04. The summed E-state index contributed by atoms with van der Waals surface area (Å²) in [6.07, 6.45) is 3.14. The van der Waals surface area contributed by atoms with Crippen molar-refractivity contribution in [1.29, 1.82) is 0 Å². The summed E-state index contributed by atoms with van der Waals surface area (Å²) in [5.74, 6) is -0.436. The maximum Gasteiger partial charge on any atom is 0.241 e. The Morgan fingerprint density at radius 1 is 1.32 bits per heavy atom. The second-order valence-electron chi connectivity index (χ2n) is 4.45. The lowest BCUT2D eigenvalue weighted by molar-refractivity contribution is -0.113. The van der Waals surface area contributed by atoms with Gasteiger partial charge in [-0.15, -0.1) is 11.3 Å². The van der Waals surface area contributed by atoms with Crippen molar-refractivity contribution >= 4 is 23.3 Å². The number of carbonyl (C=O) groups excluding carboxylic acids is 1. The lowest BCUT2D eigenvalue weighted by atomic mass is 10.0. The maximum absolute atomic E-state index is 10.8. The number of aromatic nitrogens is 1. The summed E-state index contributed by atoms with van der Waals surface area (Å²) in [4.78, 5) is 16.4. The van der Waals surface area contributed by atoms with Gasteiger partial charge in [0.25, 0.3) is 0 Å². The smallest absolute Gasteiger partial charge is 0.241 e. The minimum absolute atomic E-state index is 0.436. The van der Waals surface area contributed by atoms with Gasteiger partial charge in [0, 0.05) is 6.08 Å². The second kappa shape index (κ2) is 5.36. The summed E-state index contributed by atoms with van der Waals surface area (Å²) in [5.41, 5.74) is 9.41. The van der Waals surface area contributed by atoms with Crippen molar-refractivity contribution in [2.24, 2.45) is 5.73 Å². The minimum Gasteiger partial charge on any atom is -0.366 e. The molecule has 0 saturated carbocycles. The van der Waals surface area contributed by atoms with Gasteiger partial charge in [0.05, 0.1) is 15.6 Å². The number of carbonyl (C=O) groups is 1. The van der Waals surface area contributed by atoms with Crippen molar-refractivity contribution < 1.29 is 4.79 Å². The molecule has 2 aromatic rings. The van der Waals surface area contributed by atoms with E-state index < -0.39 is 5.91 Å². The first-order chi connectivity index (χ1) is 8.97. The van der Waals surface area contributed by atoms with Crippen LogP contribution in [-0.4, -0.2) is 10.9 Å². The second-order valence-corrected chi connectivity index (χ2v) is 5.66. The van der Waals surface area contributed by atoms with Crippen LogP contribution in [0.4, 0.5) is 0 Å². The van der Waals surface area contributed by atoms with E-state index in [4.69, 9.17) is 5.73 Å². The number of hydrogen-bond acceptors (Lipinski definition) is 3. The molecule has 0 aliphatic heterocycles. The van der Waals surface area contributed by atoms with Crippen LogP contribution in [0.2, 0.25) is 0 Å². The normalized spacial score (nSPS) is 11.1. The molecule has 0 unspecified atom stereocenters. The zero-order valence-corrected chi connectivity index (χ0v) is 12.0. The zero-order valence-electron chi connectivity index (χ0n) is 11.2. The number of aryl methyl sites for hydroxylation is 3. The quantitative estimate of drug-likeness (QED) is 0.872. The largest absolute Gasteiger partial charge is 0.366 e. The molecule has 1 amide bonds. The fourth-order valence-corrected chi connectivity index (χ4v) is 2.85. The molecular formula is C15H16N2OS. The Hall–Kier alpha value is -1.94. The third-order valence-electron chi connectivity index (χ3n) is 2.87. The van der Waals surface area contributed by atoms with E-state index in [1.807, 2.05) is 26.8 Å². The van der Waals surface area contributed by atoms with Gasteiger partial charge in [0.15, 0.2) is 0 Å². The van der Waals surface area contributed by atoms with E-state index in [2.05, 4.69) is 17.1 Å². The average Bonchev–Trinajstić information content (AvgIpc) is 2.67. The highest BCUT2D eigenvalue weighted by Crippen LogP contribution is 2.31. The maximum atomic E-state index is 10.8. The van der Waals surface area contributed by atoms with Crippen LogP contribution in [0.25, 0.3) is 16.5 Å². The summed E-state index contributed by atoms with van der Waals surface area (Å²) < 4.78 is 0. The molecule has 4 heteroatoms. The van der Waals surface area contributed by atoms with Crippen LogP contribution in [0.1, 0.15) is 21.8 Å². The molecule has 0 fully saturated rings. The number of amides is 1. The van der Waals surface area contributed by atoms with Crippen molar-refractivity contribution in [3.63, 3.8) is 0 Å². The van der Waals surface area contributed by atoms with Gasteiger partial charge in [-0.05, 0) is 49.6 Å². The molecule has 1 heterocycles. The van der Waals surface area contributed by atoms with Crippen LogP contribution in [0.15, 0.2) is 24.3 Å². The fourth-order valence-electron chi connectivity index (χ4n) is 1.93. The molecule has 19 heavy (non-hydrogen) atoms. The summed E-state index contributed by atoms with van der Waals surface area (Å²) >= 11 is 1.68. The molecular weight excluding hydrogens is 256 g/mol. The Bertz CT molecular complexity index is 656. The molecule has 2 N–H and O–H groups in total. The minimum atomic E-state index is -0.436. The van der Waals surface area contributed by atoms with Crippen LogP contribution >= 0.6 is 11.3 Å². The Balaban J connectivity index is 2.46. The Kier molecular flexibility index (Phi) is 3.81. The van der Waals surface area contributed by atoms with Crippen molar-refractivity contribution in [2.45, 2.75) is 20.8 Å². The molecule has 0 radical (unpaired) electrons. The van der Waals surface area contributed by atoms with Gasteiger partial charge < -0.3 is 5.73 Å². The Morgan fingerprint density at radius 3 is 2.63 bits per heavy atom. The topological polar surface area (TPSA) is 56.0 Å². The van der Waals surface area contributed by atoms with Gasteiger partial charge >= 0.3 is 0 Å². The molecule has 98 valence electrons. The summed E-state index contributed by atoms with van der Waals surface area (Å²) in [6.45, 7) is 6.02. The van der Waals surface area contributed by atoms with E-state index in [9.17, 15) is 4.79 Å². The van der Waals surface area contributed by atoms with E-state index >= 15 is 0 Å². The zero-order chi connectivity index (χ0) is 14.0. The number of primary amides is 1. The third-order valence-corrected chi connectivity index (χ3v) is 3.99. The van der Waals surface area contributed by atoms with E-state index in [1.54, 1.807) is 17.4 Å². The monoisotopic (exact) mass is 272 g/mol. The molecule has 0 bridgehead atoms. The highest BCUT2D eigenvalue weighted by atomic mass is 32.1. The van der Waals surface area contributed by atoms with Crippen molar-refractivity contribution in [3.05, 3.63) is 46.1 Å². The van der Waals surface area contributed by atoms with Crippen LogP contribution < -0.4 is 5.73 Å². The van der Waals surface area contributed by atoms with E-state index in [1.165, 1.54) is 11.0 Å². The molecule has 0 atom stereocenters. The fraction of sp³-hybridized carbons (Fsp3) is 0.200. The van der Waals surface area contributed by atoms with E-state index in [0.29, 0.717) is 0 Å². The predicted molar refractivity (Wildman–Crippen MR) is 80.0 cm³/mol. The molecule has 0 aliphatic carbocycles. The number of benzene rings is 1. The van der Waals surface area contributed by atoms with Gasteiger partial charge in [-0.2, -0.15) is 0 Å². The van der Waals surface area contributed by atoms with Gasteiger partial charge in [-0.3, -0.25) is 4.79 Å². The van der Waals surface area contributed by atoms with Crippen LogP contribution in [0.3, 0.4) is 0 Å². The molecule has 0 spiro atoms. The number of nitrogens with zero attached hydrogens (tertiary/aromatic N) is 1. The number of nitrogens with two attached hydrogens (primary N) is 1. The van der Waals surface area contributed by atoms with Gasteiger partial charge in [0.1, 0.15) is 0 Å². The number of rotatable bonds is 3. The standard InChI is InChI=1S/C15H16N2OS/c1-9-4-5-13(8-12(9)6-7-14(16)18)15-10(2)17-11(3)19-15/h4-8H,1-3H3,(H2,16,18)/b7-6+. The van der Waals surface area contributed by atoms with Crippen LogP contribution in [-0.2, 0) is 4.79 Å². The van der Waals surface area contributed by atoms with E-state index in [-0.39, 0.29) is 0 Å². The predicted octanol–water partition coefficient (Wildman–Crippen LogP) is 3.23. The molecule has 1 aromatic heterocycles. The molecule has 0 aliphatic rings. The van der Waals surface area contributed by atoms with Crippen LogP contribution in [0, 0.1) is 20.8 Å². The summed E-state index contributed by atoms with van der Waals surface area (Å²) in [5, 5.41) is 1.06. The number of thiazole rings is 1. The number of hydrogen-bond donors (Lipinski definition) is 1. The molecule has 1 aromatic carbocycles. The average molecular weight is 272 g/mol. The first-order valence-electron chi connectivity index (χ1n) is 6.00. The lowest BCUT2D eigenvalue weighted by Crippen LogP contribution is -2.05. The first kappa shape index (κ1) is 13.5. The van der Waals surface area contributed by atoms with Crippen molar-refractivity contribution in [2.75, 3.05) is 0 Å². The Labute approximate surface area is 116 Å². The van der Waals surface area contributed by atoms with Gasteiger partial charge in [0.2, 0.25) is 5.91 Å². The highest BCUT2D eigenvalue weighted by Gasteiger charge is 2.08. The van der Waals surface area contributed by atoms with Crippen molar-refractivity contribution in [3.8, 4) is 10.4 Å². The van der Waals surface area contributed by atoms with Gasteiger partial charge in [-0.1, -0.05) is 12.1 Å². The molecule has 0 saturated heterocycles. The SMILES string of the molecule is Cc1nc(C)c(-c2ccc(C)c(/C=C/C(N)=O)c2)s1. The van der Waals surface area contributed by atoms with E-state index in [0.717, 1.165) is 27.4 Å². The third kappa shape index (κ3) is 3.09. The first-order valence-corrected chi connectivity index (χ1v) is 6.81. The van der Waals surface area contributed by atoms with Crippen LogP contribution in [0.5, 0.6) is 0 Å². The van der Waals surface area contributed by atoms with Gasteiger partial charge in [-0.25, -0.2) is 4.98 Å². The highest BCUT2D eigenvalue weighted by molar-refractivity contribution is 7.15. The van der Waals surface area contributed by atoms with Crippen molar-refractivity contribution in [1.82, 2.24) is 4.98 Å². The summed E-state index contributed by atoms with van der Waals surface area (Å²) in [6, 6.07) is 6.19. The molecule has 3 nitrogen and oxygen atoms in total. The molecule has 2 rings (SSSR count).